The number of nitrogens with zero attached hydrogens (tertiary/aromatic N) is 1. The van der Waals surface area contributed by atoms with Crippen LogP contribution in [0.1, 0.15) is 29.3 Å². The number of carboxylic acid groups (broad SMARTS) is 1. The number of hydrogen-bond donors (Lipinski definition) is 2. The summed E-state index contributed by atoms with van der Waals surface area (Å²) in [5.41, 5.74) is 1.39. The van der Waals surface area contributed by atoms with Gasteiger partial charge in [-0.05, 0) is 30.5 Å². The van der Waals surface area contributed by atoms with Crippen molar-refractivity contribution in [2.75, 3.05) is 5.32 Å². The highest BCUT2D eigenvalue weighted by molar-refractivity contribution is 7.10. The van der Waals surface area contributed by atoms with Gasteiger partial charge in [0.25, 0.3) is 0 Å². The Balaban J connectivity index is 2.05. The Morgan fingerprint density at radius 3 is 2.76 bits per heavy atom. The minimum Gasteiger partial charge on any atom is -0.481 e. The Hall–Kier alpha value is -2.21. The maximum atomic E-state index is 12.1. The molecule has 0 saturated carbocycles. The van der Waals surface area contributed by atoms with E-state index >= 15 is 0 Å². The van der Waals surface area contributed by atoms with Gasteiger partial charge < -0.3 is 10.4 Å². The van der Waals surface area contributed by atoms with Crippen LogP contribution in [0.4, 0.5) is 5.69 Å². The molecule has 0 saturated heterocycles. The van der Waals surface area contributed by atoms with Gasteiger partial charge in [0.2, 0.25) is 5.91 Å². The van der Waals surface area contributed by atoms with Gasteiger partial charge in [0, 0.05) is 23.4 Å². The standard InChI is InChI=1S/C15H16N2O3S/c1-10-12(4-2-6-16-10)17-14(18)8-11(9-15(19)20)13-5-3-7-21-13/h2-7,11H,8-9H2,1H3,(H,17,18)(H,19,20)/t11-/m0/s1. The fourth-order valence-corrected chi connectivity index (χ4v) is 2.88. The van der Waals surface area contributed by atoms with Gasteiger partial charge in [0.05, 0.1) is 17.8 Å². The minimum atomic E-state index is -0.904. The van der Waals surface area contributed by atoms with E-state index in [1.807, 2.05) is 24.4 Å². The highest BCUT2D eigenvalue weighted by Crippen LogP contribution is 2.28. The monoisotopic (exact) mass is 304 g/mol. The molecule has 1 amide bonds. The molecule has 2 heterocycles. The second-order valence-electron chi connectivity index (χ2n) is 4.70. The first kappa shape index (κ1) is 15.2. The number of aliphatic carboxylic acids is 1. The topological polar surface area (TPSA) is 79.3 Å². The molecule has 0 aliphatic heterocycles. The lowest BCUT2D eigenvalue weighted by molar-refractivity contribution is -0.137. The summed E-state index contributed by atoms with van der Waals surface area (Å²) in [5, 5.41) is 13.7. The first-order valence-corrected chi connectivity index (χ1v) is 7.41. The predicted molar refractivity (Wildman–Crippen MR) is 81.5 cm³/mol. The van der Waals surface area contributed by atoms with Crippen molar-refractivity contribution in [1.82, 2.24) is 4.98 Å². The van der Waals surface area contributed by atoms with Gasteiger partial charge >= 0.3 is 5.97 Å². The number of amides is 1. The molecule has 0 aliphatic rings. The largest absolute Gasteiger partial charge is 0.481 e. The maximum Gasteiger partial charge on any atom is 0.304 e. The number of carbonyl (C=O) groups is 2. The average Bonchev–Trinajstić information content (AvgIpc) is 2.94. The van der Waals surface area contributed by atoms with E-state index in [1.54, 1.807) is 18.3 Å². The smallest absolute Gasteiger partial charge is 0.304 e. The third-order valence-electron chi connectivity index (χ3n) is 3.08. The Labute approximate surface area is 126 Å². The normalized spacial score (nSPS) is 11.9. The number of aryl methyl sites for hydroxylation is 1. The molecule has 0 fully saturated rings. The summed E-state index contributed by atoms with van der Waals surface area (Å²) in [6.07, 6.45) is 1.74. The molecule has 2 aromatic rings. The molecule has 5 nitrogen and oxygen atoms in total. The second-order valence-corrected chi connectivity index (χ2v) is 5.68. The molecule has 1 atom stereocenters. The summed E-state index contributed by atoms with van der Waals surface area (Å²) in [6, 6.07) is 7.24. The highest BCUT2D eigenvalue weighted by atomic mass is 32.1. The quantitative estimate of drug-likeness (QED) is 0.859. The van der Waals surface area contributed by atoms with E-state index in [4.69, 9.17) is 5.11 Å². The molecule has 0 aliphatic carbocycles. The van der Waals surface area contributed by atoms with Crippen molar-refractivity contribution in [1.29, 1.82) is 0 Å². The number of carbonyl (C=O) groups excluding carboxylic acids is 1. The summed E-state index contributed by atoms with van der Waals surface area (Å²) in [4.78, 5) is 28.1. The van der Waals surface area contributed by atoms with Crippen LogP contribution in [0.15, 0.2) is 35.8 Å². The van der Waals surface area contributed by atoms with E-state index < -0.39 is 5.97 Å². The number of rotatable bonds is 6. The molecule has 6 heteroatoms. The fraction of sp³-hybridized carbons (Fsp3) is 0.267. The SMILES string of the molecule is Cc1ncccc1NC(=O)C[C@@H](CC(=O)O)c1cccs1. The molecule has 2 rings (SSSR count). The van der Waals surface area contributed by atoms with Crippen LogP contribution in [0.5, 0.6) is 0 Å². The predicted octanol–water partition coefficient (Wildman–Crippen LogP) is 3.04. The molecule has 2 N–H and O–H groups in total. The second kappa shape index (κ2) is 6.99. The van der Waals surface area contributed by atoms with Crippen molar-refractivity contribution in [3.05, 3.63) is 46.4 Å². The summed E-state index contributed by atoms with van der Waals surface area (Å²) >= 11 is 1.47. The van der Waals surface area contributed by atoms with Crippen LogP contribution in [-0.4, -0.2) is 22.0 Å². The van der Waals surface area contributed by atoms with Crippen molar-refractivity contribution >= 4 is 28.9 Å². The molecule has 0 aromatic carbocycles. The van der Waals surface area contributed by atoms with Crippen LogP contribution in [0.2, 0.25) is 0 Å². The van der Waals surface area contributed by atoms with Crippen LogP contribution in [0, 0.1) is 6.92 Å². The molecule has 0 spiro atoms. The highest BCUT2D eigenvalue weighted by Gasteiger charge is 2.20. The Morgan fingerprint density at radius 1 is 1.33 bits per heavy atom. The fourth-order valence-electron chi connectivity index (χ4n) is 2.05. The number of aromatic nitrogens is 1. The average molecular weight is 304 g/mol. The third kappa shape index (κ3) is 4.39. The molecular formula is C15H16N2O3S. The number of thiophene rings is 1. The van der Waals surface area contributed by atoms with Crippen LogP contribution in [0.25, 0.3) is 0 Å². The molecule has 0 unspecified atom stereocenters. The Kier molecular flexibility index (Phi) is 5.05. The number of pyridine rings is 1. The van der Waals surface area contributed by atoms with Gasteiger partial charge in [-0.2, -0.15) is 0 Å². The zero-order valence-corrected chi connectivity index (χ0v) is 12.4. The number of anilines is 1. The number of carboxylic acids is 1. The lowest BCUT2D eigenvalue weighted by atomic mass is 9.99. The minimum absolute atomic E-state index is 0.0556. The lowest BCUT2D eigenvalue weighted by Crippen LogP contribution is -2.17. The van der Waals surface area contributed by atoms with Gasteiger partial charge in [-0.25, -0.2) is 0 Å². The molecule has 2 aromatic heterocycles. The van der Waals surface area contributed by atoms with E-state index in [1.165, 1.54) is 11.3 Å². The van der Waals surface area contributed by atoms with E-state index in [0.29, 0.717) is 5.69 Å². The maximum absolute atomic E-state index is 12.1. The zero-order chi connectivity index (χ0) is 15.2. The van der Waals surface area contributed by atoms with E-state index in [-0.39, 0.29) is 24.7 Å². The summed E-state index contributed by atoms with van der Waals surface area (Å²) in [7, 11) is 0. The van der Waals surface area contributed by atoms with Crippen LogP contribution in [-0.2, 0) is 9.59 Å². The summed E-state index contributed by atoms with van der Waals surface area (Å²) in [6.45, 7) is 1.81. The zero-order valence-electron chi connectivity index (χ0n) is 11.6. The molecule has 110 valence electrons. The van der Waals surface area contributed by atoms with Crippen molar-refractivity contribution in [2.24, 2.45) is 0 Å². The Bertz CT molecular complexity index is 626. The van der Waals surface area contributed by atoms with Gasteiger partial charge in [0.1, 0.15) is 0 Å². The van der Waals surface area contributed by atoms with Crippen molar-refractivity contribution in [2.45, 2.75) is 25.7 Å². The van der Waals surface area contributed by atoms with E-state index in [9.17, 15) is 9.59 Å². The summed E-state index contributed by atoms with van der Waals surface area (Å²) < 4.78 is 0. The van der Waals surface area contributed by atoms with Gasteiger partial charge in [-0.3, -0.25) is 14.6 Å². The number of nitrogens with one attached hydrogen (secondary N) is 1. The van der Waals surface area contributed by atoms with Crippen molar-refractivity contribution in [3.8, 4) is 0 Å². The van der Waals surface area contributed by atoms with Crippen molar-refractivity contribution < 1.29 is 14.7 Å². The van der Waals surface area contributed by atoms with Crippen LogP contribution < -0.4 is 5.32 Å². The third-order valence-corrected chi connectivity index (χ3v) is 4.11. The molecule has 21 heavy (non-hydrogen) atoms. The molecule has 0 radical (unpaired) electrons. The van der Waals surface area contributed by atoms with Crippen LogP contribution in [0.3, 0.4) is 0 Å². The van der Waals surface area contributed by atoms with Crippen molar-refractivity contribution in [3.63, 3.8) is 0 Å². The van der Waals surface area contributed by atoms with E-state index in [0.717, 1.165) is 10.6 Å². The molecule has 0 bridgehead atoms. The summed E-state index contributed by atoms with van der Waals surface area (Å²) in [5.74, 6) is -1.41. The number of hydrogen-bond acceptors (Lipinski definition) is 4. The first-order valence-electron chi connectivity index (χ1n) is 6.53. The van der Waals surface area contributed by atoms with E-state index in [2.05, 4.69) is 10.3 Å². The first-order chi connectivity index (χ1) is 10.1. The van der Waals surface area contributed by atoms with Gasteiger partial charge in [-0.15, -0.1) is 11.3 Å². The molecular weight excluding hydrogens is 288 g/mol. The van der Waals surface area contributed by atoms with Gasteiger partial charge in [-0.1, -0.05) is 6.07 Å². The Morgan fingerprint density at radius 2 is 2.14 bits per heavy atom. The van der Waals surface area contributed by atoms with Gasteiger partial charge in [0.15, 0.2) is 0 Å². The van der Waals surface area contributed by atoms with Crippen LogP contribution >= 0.6 is 11.3 Å². The lowest BCUT2D eigenvalue weighted by Gasteiger charge is -2.13.